The van der Waals surface area contributed by atoms with Crippen LogP contribution in [-0.4, -0.2) is 12.4 Å². The molecular formula is C11H16N2O. The van der Waals surface area contributed by atoms with E-state index >= 15 is 0 Å². The van der Waals surface area contributed by atoms with Gasteiger partial charge in [-0.3, -0.25) is 5.41 Å². The smallest absolute Gasteiger partial charge is 0.119 e. The lowest BCUT2D eigenvalue weighted by atomic mass is 10.1. The van der Waals surface area contributed by atoms with Crippen molar-refractivity contribution < 1.29 is 4.74 Å². The van der Waals surface area contributed by atoms with Crippen molar-refractivity contribution >= 4 is 5.84 Å². The van der Waals surface area contributed by atoms with Gasteiger partial charge in [0, 0.05) is 6.42 Å². The van der Waals surface area contributed by atoms with Crippen LogP contribution in [0.3, 0.4) is 0 Å². The first kappa shape index (κ1) is 10.6. The predicted molar refractivity (Wildman–Crippen MR) is 58.0 cm³/mol. The molecule has 0 fully saturated rings. The molecule has 0 atom stereocenters. The third-order valence-corrected chi connectivity index (χ3v) is 2.01. The normalized spacial score (nSPS) is 9.86. The second kappa shape index (κ2) is 4.65. The van der Waals surface area contributed by atoms with Gasteiger partial charge in [-0.25, -0.2) is 0 Å². The van der Waals surface area contributed by atoms with E-state index in [9.17, 15) is 0 Å². The average Bonchev–Trinajstić information content (AvgIpc) is 2.10. The minimum absolute atomic E-state index is 0.192. The van der Waals surface area contributed by atoms with Crippen molar-refractivity contribution in [3.05, 3.63) is 29.3 Å². The number of amidine groups is 1. The molecule has 0 spiro atoms. The Kier molecular flexibility index (Phi) is 3.51. The first-order valence-corrected chi connectivity index (χ1v) is 4.68. The third kappa shape index (κ3) is 2.76. The van der Waals surface area contributed by atoms with E-state index in [0.29, 0.717) is 13.0 Å². The van der Waals surface area contributed by atoms with Gasteiger partial charge in [0.1, 0.15) is 5.75 Å². The summed E-state index contributed by atoms with van der Waals surface area (Å²) < 4.78 is 5.36. The molecular weight excluding hydrogens is 176 g/mol. The lowest BCUT2D eigenvalue weighted by Crippen LogP contribution is -2.13. The summed E-state index contributed by atoms with van der Waals surface area (Å²) >= 11 is 0. The van der Waals surface area contributed by atoms with E-state index in [0.717, 1.165) is 16.9 Å². The third-order valence-electron chi connectivity index (χ3n) is 2.01. The molecule has 3 nitrogen and oxygen atoms in total. The molecule has 1 aromatic rings. The Hall–Kier alpha value is -1.51. The lowest BCUT2D eigenvalue weighted by Gasteiger charge is -2.08. The number of hydrogen-bond acceptors (Lipinski definition) is 2. The van der Waals surface area contributed by atoms with Crippen molar-refractivity contribution in [1.29, 1.82) is 5.41 Å². The monoisotopic (exact) mass is 192 g/mol. The summed E-state index contributed by atoms with van der Waals surface area (Å²) in [7, 11) is 0. The summed E-state index contributed by atoms with van der Waals surface area (Å²) in [5.74, 6) is 1.06. The molecule has 0 aliphatic heterocycles. The molecule has 0 radical (unpaired) electrons. The van der Waals surface area contributed by atoms with E-state index in [1.54, 1.807) is 0 Å². The quantitative estimate of drug-likeness (QED) is 0.565. The van der Waals surface area contributed by atoms with Crippen LogP contribution in [0.1, 0.15) is 18.1 Å². The fourth-order valence-corrected chi connectivity index (χ4v) is 1.33. The van der Waals surface area contributed by atoms with Crippen molar-refractivity contribution in [3.8, 4) is 5.75 Å². The largest absolute Gasteiger partial charge is 0.494 e. The Morgan fingerprint density at radius 1 is 1.50 bits per heavy atom. The van der Waals surface area contributed by atoms with Crippen molar-refractivity contribution in [3.63, 3.8) is 0 Å². The van der Waals surface area contributed by atoms with Gasteiger partial charge in [-0.15, -0.1) is 0 Å². The zero-order valence-electron chi connectivity index (χ0n) is 8.63. The number of nitrogens with one attached hydrogen (secondary N) is 1. The molecule has 0 bridgehead atoms. The number of hydrogen-bond donors (Lipinski definition) is 2. The number of ether oxygens (including phenoxy) is 1. The second-order valence-corrected chi connectivity index (χ2v) is 3.22. The van der Waals surface area contributed by atoms with Gasteiger partial charge in [0.25, 0.3) is 0 Å². The molecule has 0 saturated heterocycles. The van der Waals surface area contributed by atoms with Crippen LogP contribution in [0.15, 0.2) is 18.2 Å². The summed E-state index contributed by atoms with van der Waals surface area (Å²) in [6.45, 7) is 4.63. The van der Waals surface area contributed by atoms with Crippen molar-refractivity contribution in [2.24, 2.45) is 5.73 Å². The van der Waals surface area contributed by atoms with Crippen LogP contribution in [0.5, 0.6) is 5.75 Å². The molecule has 0 amide bonds. The van der Waals surface area contributed by atoms with E-state index in [1.165, 1.54) is 0 Å². The van der Waals surface area contributed by atoms with Crippen molar-refractivity contribution in [1.82, 2.24) is 0 Å². The van der Waals surface area contributed by atoms with Crippen molar-refractivity contribution in [2.75, 3.05) is 6.61 Å². The molecule has 14 heavy (non-hydrogen) atoms. The van der Waals surface area contributed by atoms with Gasteiger partial charge in [0.2, 0.25) is 0 Å². The van der Waals surface area contributed by atoms with Gasteiger partial charge in [-0.05, 0) is 37.1 Å². The molecule has 76 valence electrons. The SMILES string of the molecule is CCOc1ccc(CC(=N)N)c(C)c1. The summed E-state index contributed by atoms with van der Waals surface area (Å²) in [5, 5.41) is 7.21. The second-order valence-electron chi connectivity index (χ2n) is 3.22. The minimum Gasteiger partial charge on any atom is -0.494 e. The molecule has 3 N–H and O–H groups in total. The number of rotatable bonds is 4. The summed E-state index contributed by atoms with van der Waals surface area (Å²) in [6.07, 6.45) is 0.512. The summed E-state index contributed by atoms with van der Waals surface area (Å²) in [6, 6.07) is 5.85. The molecule has 0 unspecified atom stereocenters. The minimum atomic E-state index is 0.192. The summed E-state index contributed by atoms with van der Waals surface area (Å²) in [5.41, 5.74) is 7.54. The predicted octanol–water partition coefficient (Wildman–Crippen LogP) is 1.87. The first-order valence-electron chi connectivity index (χ1n) is 4.68. The van der Waals surface area contributed by atoms with E-state index in [1.807, 2.05) is 32.0 Å². The fraction of sp³-hybridized carbons (Fsp3) is 0.364. The topological polar surface area (TPSA) is 59.1 Å². The maximum Gasteiger partial charge on any atom is 0.119 e. The summed E-state index contributed by atoms with van der Waals surface area (Å²) in [4.78, 5) is 0. The fourth-order valence-electron chi connectivity index (χ4n) is 1.33. The Bertz CT molecular complexity index is 334. The van der Waals surface area contributed by atoms with Crippen LogP contribution < -0.4 is 10.5 Å². The van der Waals surface area contributed by atoms with Crippen LogP contribution in [-0.2, 0) is 6.42 Å². The van der Waals surface area contributed by atoms with Gasteiger partial charge >= 0.3 is 0 Å². The van der Waals surface area contributed by atoms with Gasteiger partial charge in [-0.2, -0.15) is 0 Å². The van der Waals surface area contributed by atoms with Crippen LogP contribution in [0, 0.1) is 12.3 Å². The maximum atomic E-state index is 7.21. The zero-order chi connectivity index (χ0) is 10.6. The van der Waals surface area contributed by atoms with Crippen LogP contribution >= 0.6 is 0 Å². The van der Waals surface area contributed by atoms with Gasteiger partial charge in [-0.1, -0.05) is 6.07 Å². The highest BCUT2D eigenvalue weighted by Crippen LogP contribution is 2.17. The number of aryl methyl sites for hydroxylation is 1. The molecule has 3 heteroatoms. The van der Waals surface area contributed by atoms with E-state index in [2.05, 4.69) is 0 Å². The molecule has 0 aromatic heterocycles. The van der Waals surface area contributed by atoms with Gasteiger partial charge in [0.05, 0.1) is 12.4 Å². The van der Waals surface area contributed by atoms with E-state index in [4.69, 9.17) is 15.9 Å². The molecule has 0 saturated carbocycles. The lowest BCUT2D eigenvalue weighted by molar-refractivity contribution is 0.340. The maximum absolute atomic E-state index is 7.21. The highest BCUT2D eigenvalue weighted by Gasteiger charge is 2.01. The highest BCUT2D eigenvalue weighted by atomic mass is 16.5. The Labute approximate surface area is 84.4 Å². The van der Waals surface area contributed by atoms with E-state index in [-0.39, 0.29) is 5.84 Å². The average molecular weight is 192 g/mol. The standard InChI is InChI=1S/C11H16N2O/c1-3-14-10-5-4-9(7-11(12)13)8(2)6-10/h4-6H,3,7H2,1-2H3,(H3,12,13). The van der Waals surface area contributed by atoms with Crippen LogP contribution in [0.25, 0.3) is 0 Å². The molecule has 0 aliphatic rings. The number of benzene rings is 1. The first-order chi connectivity index (χ1) is 6.63. The Morgan fingerprint density at radius 3 is 2.71 bits per heavy atom. The van der Waals surface area contributed by atoms with Crippen LogP contribution in [0.4, 0.5) is 0 Å². The highest BCUT2D eigenvalue weighted by molar-refractivity contribution is 5.79. The zero-order valence-corrected chi connectivity index (χ0v) is 8.63. The van der Waals surface area contributed by atoms with Crippen molar-refractivity contribution in [2.45, 2.75) is 20.3 Å². The van der Waals surface area contributed by atoms with Gasteiger partial charge < -0.3 is 10.5 Å². The molecule has 0 heterocycles. The molecule has 1 aromatic carbocycles. The Morgan fingerprint density at radius 2 is 2.21 bits per heavy atom. The van der Waals surface area contributed by atoms with Crippen LogP contribution in [0.2, 0.25) is 0 Å². The number of nitrogens with two attached hydrogens (primary N) is 1. The molecule has 0 aliphatic carbocycles. The van der Waals surface area contributed by atoms with Gasteiger partial charge in [0.15, 0.2) is 0 Å². The Balaban J connectivity index is 2.84. The van der Waals surface area contributed by atoms with E-state index < -0.39 is 0 Å². The molecule has 1 rings (SSSR count).